The largest absolute Gasteiger partial charge is 0.480 e. The Hall–Kier alpha value is -1.91. The molecule has 0 saturated heterocycles. The molecule has 7 heteroatoms. The van der Waals surface area contributed by atoms with Crippen LogP contribution >= 0.6 is 27.5 Å². The van der Waals surface area contributed by atoms with E-state index in [1.165, 1.54) is 0 Å². The van der Waals surface area contributed by atoms with Gasteiger partial charge in [0, 0.05) is 0 Å². The molecule has 0 unspecified atom stereocenters. The van der Waals surface area contributed by atoms with Crippen LogP contribution in [0.5, 0.6) is 5.75 Å². The number of aromatic nitrogens is 1. The fraction of sp³-hybridized carbons (Fsp3) is 0.267. The van der Waals surface area contributed by atoms with E-state index in [1.54, 1.807) is 19.9 Å². The summed E-state index contributed by atoms with van der Waals surface area (Å²) in [7, 11) is 0. The molecule has 0 aliphatic rings. The highest BCUT2D eigenvalue weighted by Gasteiger charge is 2.19. The summed E-state index contributed by atoms with van der Waals surface area (Å²) >= 11 is 4.50. The zero-order valence-electron chi connectivity index (χ0n) is 12.3. The molecule has 0 spiro atoms. The van der Waals surface area contributed by atoms with Crippen molar-refractivity contribution in [1.29, 1.82) is 5.26 Å². The fourth-order valence-corrected chi connectivity index (χ4v) is 3.08. The first kappa shape index (κ1) is 16.5. The molecule has 0 saturated carbocycles. The average molecular weight is 380 g/mol. The zero-order valence-corrected chi connectivity index (χ0v) is 14.7. The zero-order chi connectivity index (χ0) is 16.3. The third-order valence-electron chi connectivity index (χ3n) is 2.97. The number of benzene rings is 1. The van der Waals surface area contributed by atoms with Crippen molar-refractivity contribution < 1.29 is 9.53 Å². The Kier molecular flexibility index (Phi) is 5.16. The van der Waals surface area contributed by atoms with Crippen LogP contribution in [0.15, 0.2) is 22.7 Å². The third-order valence-corrected chi connectivity index (χ3v) is 4.45. The Balaban J connectivity index is 2.08. The van der Waals surface area contributed by atoms with Gasteiger partial charge >= 0.3 is 0 Å². The van der Waals surface area contributed by atoms with Crippen molar-refractivity contribution >= 4 is 38.4 Å². The smallest absolute Gasteiger partial charge is 0.265 e. The lowest BCUT2D eigenvalue weighted by Crippen LogP contribution is -2.30. The summed E-state index contributed by atoms with van der Waals surface area (Å²) in [5, 5.41) is 12.2. The van der Waals surface area contributed by atoms with Gasteiger partial charge in [-0.15, -0.1) is 0 Å². The Morgan fingerprint density at radius 3 is 2.86 bits per heavy atom. The number of nitrogens with one attached hydrogen (secondary N) is 1. The third kappa shape index (κ3) is 3.64. The summed E-state index contributed by atoms with van der Waals surface area (Å²) in [5.74, 6) is 0.266. The minimum Gasteiger partial charge on any atom is -0.480 e. The monoisotopic (exact) mass is 379 g/mol. The molecule has 114 valence electrons. The minimum atomic E-state index is -0.701. The number of aryl methyl sites for hydroxylation is 2. The first-order valence-corrected chi connectivity index (χ1v) is 8.09. The second kappa shape index (κ2) is 6.90. The molecular weight excluding hydrogens is 366 g/mol. The van der Waals surface area contributed by atoms with Crippen LogP contribution in [0.4, 0.5) is 5.00 Å². The number of amides is 1. The lowest BCUT2D eigenvalue weighted by Gasteiger charge is -2.15. The Labute approximate surface area is 141 Å². The number of nitriles is 1. The van der Waals surface area contributed by atoms with E-state index in [0.717, 1.165) is 21.6 Å². The Bertz CT molecular complexity index is 752. The van der Waals surface area contributed by atoms with Gasteiger partial charge in [-0.3, -0.25) is 4.79 Å². The van der Waals surface area contributed by atoms with E-state index in [4.69, 9.17) is 10.00 Å². The first-order valence-electron chi connectivity index (χ1n) is 6.52. The summed E-state index contributed by atoms with van der Waals surface area (Å²) in [5.41, 5.74) is 2.09. The van der Waals surface area contributed by atoms with Gasteiger partial charge in [-0.1, -0.05) is 6.07 Å². The molecule has 1 heterocycles. The van der Waals surface area contributed by atoms with Crippen molar-refractivity contribution in [1.82, 2.24) is 4.37 Å². The van der Waals surface area contributed by atoms with Crippen molar-refractivity contribution in [3.63, 3.8) is 0 Å². The minimum absolute atomic E-state index is 0.326. The van der Waals surface area contributed by atoms with Gasteiger partial charge in [-0.05, 0) is 65.9 Å². The number of rotatable bonds is 4. The quantitative estimate of drug-likeness (QED) is 0.876. The number of anilines is 1. The van der Waals surface area contributed by atoms with Gasteiger partial charge in [0.15, 0.2) is 6.10 Å². The number of halogens is 1. The van der Waals surface area contributed by atoms with Gasteiger partial charge in [0.1, 0.15) is 22.4 Å². The molecule has 0 aliphatic heterocycles. The standard InChI is InChI=1S/C15H14BrN3O2S/c1-8-4-5-13(12(16)6-8)21-10(3)14(20)18-15-11(7-17)9(2)19-22-15/h4-6,10H,1-3H3,(H,18,20)/t10-/m1/s1. The van der Waals surface area contributed by atoms with Crippen LogP contribution in [0, 0.1) is 25.2 Å². The molecule has 1 atom stereocenters. The predicted octanol–water partition coefficient (Wildman–Crippen LogP) is 3.80. The summed E-state index contributed by atoms with van der Waals surface area (Å²) in [6.45, 7) is 5.36. The van der Waals surface area contributed by atoms with E-state index in [9.17, 15) is 4.79 Å². The van der Waals surface area contributed by atoms with Crippen LogP contribution in [0.25, 0.3) is 0 Å². The molecule has 0 aliphatic carbocycles. The Morgan fingerprint density at radius 2 is 2.23 bits per heavy atom. The number of carbonyl (C=O) groups is 1. The highest BCUT2D eigenvalue weighted by atomic mass is 79.9. The molecule has 1 N–H and O–H groups in total. The fourth-order valence-electron chi connectivity index (χ4n) is 1.75. The number of ether oxygens (including phenoxy) is 1. The van der Waals surface area contributed by atoms with Crippen molar-refractivity contribution in [3.8, 4) is 11.8 Å². The number of hydrogen-bond acceptors (Lipinski definition) is 5. The summed E-state index contributed by atoms with van der Waals surface area (Å²) < 4.78 is 10.5. The molecule has 2 rings (SSSR count). The second-order valence-corrected chi connectivity index (χ2v) is 6.39. The SMILES string of the molecule is Cc1ccc(O[C@H](C)C(=O)Nc2snc(C)c2C#N)c(Br)c1. The van der Waals surface area contributed by atoms with Gasteiger partial charge in [-0.25, -0.2) is 0 Å². The van der Waals surface area contributed by atoms with Gasteiger partial charge in [0.2, 0.25) is 0 Å². The predicted molar refractivity (Wildman–Crippen MR) is 89.2 cm³/mol. The highest BCUT2D eigenvalue weighted by Crippen LogP contribution is 2.27. The van der Waals surface area contributed by atoms with E-state index in [-0.39, 0.29) is 5.91 Å². The lowest BCUT2D eigenvalue weighted by molar-refractivity contribution is -0.122. The van der Waals surface area contributed by atoms with Crippen molar-refractivity contribution in [3.05, 3.63) is 39.5 Å². The molecule has 0 bridgehead atoms. The van der Waals surface area contributed by atoms with Crippen LogP contribution in [-0.2, 0) is 4.79 Å². The molecule has 0 radical (unpaired) electrons. The van der Waals surface area contributed by atoms with E-state index < -0.39 is 6.10 Å². The van der Waals surface area contributed by atoms with E-state index in [0.29, 0.717) is 22.0 Å². The maximum atomic E-state index is 12.2. The average Bonchev–Trinajstić information content (AvgIpc) is 2.81. The molecule has 1 aromatic carbocycles. The topological polar surface area (TPSA) is 75.0 Å². The van der Waals surface area contributed by atoms with Gasteiger partial charge in [-0.2, -0.15) is 9.64 Å². The van der Waals surface area contributed by atoms with Crippen molar-refractivity contribution in [2.45, 2.75) is 26.9 Å². The molecule has 1 amide bonds. The van der Waals surface area contributed by atoms with Gasteiger partial charge < -0.3 is 10.1 Å². The molecule has 22 heavy (non-hydrogen) atoms. The van der Waals surface area contributed by atoms with E-state index in [1.807, 2.05) is 25.1 Å². The van der Waals surface area contributed by atoms with E-state index >= 15 is 0 Å². The maximum absolute atomic E-state index is 12.2. The Morgan fingerprint density at radius 1 is 1.50 bits per heavy atom. The number of hydrogen-bond donors (Lipinski definition) is 1. The van der Waals surface area contributed by atoms with Crippen LogP contribution in [0.2, 0.25) is 0 Å². The van der Waals surface area contributed by atoms with Crippen LogP contribution in [-0.4, -0.2) is 16.4 Å². The number of nitrogens with zero attached hydrogens (tertiary/aromatic N) is 2. The molecular formula is C15H14BrN3O2S. The van der Waals surface area contributed by atoms with Crippen molar-refractivity contribution in [2.24, 2.45) is 0 Å². The highest BCUT2D eigenvalue weighted by molar-refractivity contribution is 9.10. The molecule has 2 aromatic rings. The molecule has 0 fully saturated rings. The van der Waals surface area contributed by atoms with Gasteiger partial charge in [0.05, 0.1) is 10.2 Å². The second-order valence-electron chi connectivity index (χ2n) is 4.77. The normalized spacial score (nSPS) is 11.6. The lowest BCUT2D eigenvalue weighted by atomic mass is 10.2. The summed E-state index contributed by atoms with van der Waals surface area (Å²) in [6.07, 6.45) is -0.701. The summed E-state index contributed by atoms with van der Waals surface area (Å²) in [6, 6.07) is 7.67. The van der Waals surface area contributed by atoms with Crippen LogP contribution < -0.4 is 10.1 Å². The van der Waals surface area contributed by atoms with Crippen LogP contribution in [0.3, 0.4) is 0 Å². The van der Waals surface area contributed by atoms with Crippen LogP contribution in [0.1, 0.15) is 23.7 Å². The van der Waals surface area contributed by atoms with E-state index in [2.05, 4.69) is 25.6 Å². The van der Waals surface area contributed by atoms with Gasteiger partial charge in [0.25, 0.3) is 5.91 Å². The molecule has 1 aromatic heterocycles. The molecule has 5 nitrogen and oxygen atoms in total. The van der Waals surface area contributed by atoms with Crippen molar-refractivity contribution in [2.75, 3.05) is 5.32 Å². The maximum Gasteiger partial charge on any atom is 0.265 e. The first-order chi connectivity index (χ1) is 10.4. The number of carbonyl (C=O) groups excluding carboxylic acids is 1. The summed E-state index contributed by atoms with van der Waals surface area (Å²) in [4.78, 5) is 12.2.